The van der Waals surface area contributed by atoms with Crippen LogP contribution in [-0.2, 0) is 16.6 Å². The van der Waals surface area contributed by atoms with Crippen molar-refractivity contribution in [1.82, 2.24) is 20.0 Å². The monoisotopic (exact) mass is 442 g/mol. The Morgan fingerprint density at radius 2 is 1.94 bits per heavy atom. The lowest BCUT2D eigenvalue weighted by Gasteiger charge is -2.41. The smallest absolute Gasteiger partial charge is 0.410 e. The van der Waals surface area contributed by atoms with Crippen molar-refractivity contribution in [3.63, 3.8) is 0 Å². The van der Waals surface area contributed by atoms with Crippen molar-refractivity contribution in [2.45, 2.75) is 45.8 Å². The molecule has 0 aliphatic carbocycles. The van der Waals surface area contributed by atoms with Gasteiger partial charge in [-0.2, -0.15) is 5.10 Å². The van der Waals surface area contributed by atoms with Crippen LogP contribution in [0, 0.1) is 0 Å². The summed E-state index contributed by atoms with van der Waals surface area (Å²) < 4.78 is 7.26. The third kappa shape index (κ3) is 4.21. The topological polar surface area (TPSA) is 100 Å². The van der Waals surface area contributed by atoms with Crippen molar-refractivity contribution in [1.29, 1.82) is 0 Å². The molecule has 2 aromatic rings. The van der Waals surface area contributed by atoms with E-state index in [0.29, 0.717) is 32.0 Å². The largest absolute Gasteiger partial charge is 0.444 e. The number of aryl methyl sites for hydroxylation is 1. The fraction of sp³-hybridized carbons (Fsp3) is 0.545. The molecule has 4 amide bonds. The van der Waals surface area contributed by atoms with Crippen LogP contribution in [0.1, 0.15) is 34.1 Å². The number of nitrogens with one attached hydrogen (secondary N) is 1. The van der Waals surface area contributed by atoms with Crippen LogP contribution in [-0.4, -0.2) is 70.5 Å². The van der Waals surface area contributed by atoms with Gasteiger partial charge in [0, 0.05) is 56.8 Å². The maximum Gasteiger partial charge on any atom is 0.410 e. The van der Waals surface area contributed by atoms with Crippen LogP contribution in [0.2, 0.25) is 0 Å². The van der Waals surface area contributed by atoms with Crippen molar-refractivity contribution in [3.8, 4) is 0 Å². The molecular formula is C22H30N6O4. The number of aromatic nitrogens is 2. The highest BCUT2D eigenvalue weighted by Crippen LogP contribution is 2.31. The number of amides is 4. The molecule has 2 aliphatic heterocycles. The molecule has 10 heteroatoms. The van der Waals surface area contributed by atoms with Gasteiger partial charge in [0.15, 0.2) is 5.82 Å². The molecule has 0 bridgehead atoms. The third-order valence-electron chi connectivity index (χ3n) is 5.74. The molecule has 0 radical (unpaired) electrons. The molecule has 1 aromatic heterocycles. The highest BCUT2D eigenvalue weighted by Gasteiger charge is 2.31. The summed E-state index contributed by atoms with van der Waals surface area (Å²) in [6.45, 7) is 9.84. The molecule has 3 heterocycles. The highest BCUT2D eigenvalue weighted by atomic mass is 16.6. The number of fused-ring (bicyclic) bond motifs is 1. The summed E-state index contributed by atoms with van der Waals surface area (Å²) in [6, 6.07) is 5.69. The van der Waals surface area contributed by atoms with E-state index >= 15 is 0 Å². The minimum Gasteiger partial charge on any atom is -0.444 e. The standard InChI is InChI=1S/C22H30N6O4/c1-14-13-26(21(31)32-22(2,3)4)10-11-27(14)15-6-7-16-17(12-15)25(5)24-19(16)28-9-8-18(29)23-20(28)30/h6-7,12,14H,8-11,13H2,1-5H3,(H,23,29,30)/t14-/m0/s1. The minimum absolute atomic E-state index is 0.111. The first-order chi connectivity index (χ1) is 15.0. The van der Waals surface area contributed by atoms with Gasteiger partial charge < -0.3 is 14.5 Å². The number of piperazine rings is 1. The Bertz CT molecular complexity index is 1070. The summed E-state index contributed by atoms with van der Waals surface area (Å²) in [4.78, 5) is 41.7. The van der Waals surface area contributed by atoms with Gasteiger partial charge in [-0.3, -0.25) is 19.7 Å². The summed E-state index contributed by atoms with van der Waals surface area (Å²) in [5.74, 6) is 0.273. The van der Waals surface area contributed by atoms with Crippen LogP contribution in [0.25, 0.3) is 10.9 Å². The van der Waals surface area contributed by atoms with Crippen molar-refractivity contribution in [2.24, 2.45) is 7.05 Å². The molecule has 32 heavy (non-hydrogen) atoms. The van der Waals surface area contributed by atoms with Gasteiger partial charge in [-0.05, 0) is 45.9 Å². The number of nitrogens with zero attached hydrogens (tertiary/aromatic N) is 5. The number of anilines is 2. The molecule has 4 rings (SSSR count). The van der Waals surface area contributed by atoms with E-state index in [2.05, 4.69) is 28.3 Å². The van der Waals surface area contributed by atoms with Crippen LogP contribution in [0.4, 0.5) is 21.1 Å². The Labute approximate surface area is 187 Å². The Morgan fingerprint density at radius 3 is 2.59 bits per heavy atom. The van der Waals surface area contributed by atoms with Gasteiger partial charge in [-0.25, -0.2) is 9.59 Å². The summed E-state index contributed by atoms with van der Waals surface area (Å²) in [5.41, 5.74) is 1.41. The number of hydrogen-bond acceptors (Lipinski definition) is 6. The van der Waals surface area contributed by atoms with Gasteiger partial charge >= 0.3 is 12.1 Å². The molecule has 0 saturated carbocycles. The Morgan fingerprint density at radius 1 is 1.19 bits per heavy atom. The van der Waals surface area contributed by atoms with Crippen LogP contribution in [0.3, 0.4) is 0 Å². The average molecular weight is 443 g/mol. The van der Waals surface area contributed by atoms with E-state index in [4.69, 9.17) is 4.74 Å². The molecule has 0 unspecified atom stereocenters. The molecule has 0 spiro atoms. The Balaban J connectivity index is 1.54. The van der Waals surface area contributed by atoms with Crippen molar-refractivity contribution < 1.29 is 19.1 Å². The lowest BCUT2D eigenvalue weighted by molar-refractivity contribution is -0.120. The molecule has 1 N–H and O–H groups in total. The van der Waals surface area contributed by atoms with E-state index in [1.165, 1.54) is 4.90 Å². The van der Waals surface area contributed by atoms with Gasteiger partial charge in [0.1, 0.15) is 5.60 Å². The van der Waals surface area contributed by atoms with E-state index in [-0.39, 0.29) is 24.5 Å². The van der Waals surface area contributed by atoms with Gasteiger partial charge in [-0.15, -0.1) is 0 Å². The van der Waals surface area contributed by atoms with Crippen LogP contribution in [0.5, 0.6) is 0 Å². The fourth-order valence-corrected chi connectivity index (χ4v) is 4.20. The first-order valence-electron chi connectivity index (χ1n) is 10.9. The first kappa shape index (κ1) is 21.9. The Kier molecular flexibility index (Phi) is 5.47. The van der Waals surface area contributed by atoms with Gasteiger partial charge in [0.25, 0.3) is 0 Å². The van der Waals surface area contributed by atoms with Crippen LogP contribution < -0.4 is 15.1 Å². The van der Waals surface area contributed by atoms with Crippen LogP contribution >= 0.6 is 0 Å². The molecule has 2 fully saturated rings. The fourth-order valence-electron chi connectivity index (χ4n) is 4.20. The maximum absolute atomic E-state index is 12.4. The lowest BCUT2D eigenvalue weighted by Crippen LogP contribution is -2.54. The molecule has 10 nitrogen and oxygen atoms in total. The first-order valence-corrected chi connectivity index (χ1v) is 10.9. The summed E-state index contributed by atoms with van der Waals surface area (Å²) >= 11 is 0. The predicted octanol–water partition coefficient (Wildman–Crippen LogP) is 2.47. The van der Waals surface area contributed by atoms with E-state index in [9.17, 15) is 14.4 Å². The van der Waals surface area contributed by atoms with E-state index in [0.717, 1.165) is 16.6 Å². The summed E-state index contributed by atoms with van der Waals surface area (Å²) in [5, 5.41) is 7.74. The number of rotatable bonds is 2. The SMILES string of the molecule is C[C@H]1CN(C(=O)OC(C)(C)C)CCN1c1ccc2c(N3CCC(=O)NC3=O)nn(C)c2c1. The second kappa shape index (κ2) is 7.99. The van der Waals surface area contributed by atoms with Gasteiger partial charge in [-0.1, -0.05) is 0 Å². The number of imide groups is 1. The third-order valence-corrected chi connectivity index (χ3v) is 5.74. The normalized spacial score (nSPS) is 20.0. The minimum atomic E-state index is -0.516. The highest BCUT2D eigenvalue weighted by molar-refractivity contribution is 6.09. The molecular weight excluding hydrogens is 412 g/mol. The van der Waals surface area contributed by atoms with Crippen molar-refractivity contribution >= 4 is 40.4 Å². The average Bonchev–Trinajstić information content (AvgIpc) is 3.02. The van der Waals surface area contributed by atoms with Gasteiger partial charge in [0.2, 0.25) is 5.91 Å². The number of hydrogen-bond donors (Lipinski definition) is 1. The lowest BCUT2D eigenvalue weighted by atomic mass is 10.1. The second-order valence-electron chi connectivity index (χ2n) is 9.37. The number of benzene rings is 1. The van der Waals surface area contributed by atoms with Gasteiger partial charge in [0.05, 0.1) is 5.52 Å². The molecule has 172 valence electrons. The summed E-state index contributed by atoms with van der Waals surface area (Å²) in [7, 11) is 1.84. The van der Waals surface area contributed by atoms with Crippen LogP contribution in [0.15, 0.2) is 18.2 Å². The molecule has 1 aromatic carbocycles. The molecule has 2 saturated heterocycles. The Hall–Kier alpha value is -3.30. The zero-order valence-electron chi connectivity index (χ0n) is 19.2. The van der Waals surface area contributed by atoms with E-state index in [1.54, 1.807) is 9.58 Å². The molecule has 1 atom stereocenters. The van der Waals surface area contributed by atoms with E-state index < -0.39 is 11.6 Å². The zero-order valence-corrected chi connectivity index (χ0v) is 19.2. The van der Waals surface area contributed by atoms with Crippen molar-refractivity contribution in [2.75, 3.05) is 36.0 Å². The number of urea groups is 1. The maximum atomic E-state index is 12.4. The predicted molar refractivity (Wildman–Crippen MR) is 121 cm³/mol. The second-order valence-corrected chi connectivity index (χ2v) is 9.37. The quantitative estimate of drug-likeness (QED) is 0.767. The zero-order chi connectivity index (χ0) is 23.2. The van der Waals surface area contributed by atoms with E-state index in [1.807, 2.05) is 40.0 Å². The number of carbonyl (C=O) groups is 3. The molecule has 2 aliphatic rings. The number of carbonyl (C=O) groups excluding carboxylic acids is 3. The summed E-state index contributed by atoms with van der Waals surface area (Å²) in [6.07, 6.45) is -0.0320. The van der Waals surface area contributed by atoms with Crippen molar-refractivity contribution in [3.05, 3.63) is 18.2 Å². The number of ether oxygens (including phenoxy) is 1.